The molecule has 1 nitrogen and oxygen atoms in total. The van der Waals surface area contributed by atoms with Gasteiger partial charge in [0, 0.05) is 6.04 Å². The van der Waals surface area contributed by atoms with Crippen LogP contribution in [0.15, 0.2) is 36.4 Å². The monoisotopic (exact) mass is 227 g/mol. The van der Waals surface area contributed by atoms with Gasteiger partial charge in [-0.15, -0.1) is 0 Å². The van der Waals surface area contributed by atoms with E-state index >= 15 is 0 Å². The molecule has 0 fully saturated rings. The molecule has 0 aliphatic heterocycles. The summed E-state index contributed by atoms with van der Waals surface area (Å²) in [6.07, 6.45) is 1.11. The van der Waals surface area contributed by atoms with Crippen LogP contribution < -0.4 is 5.73 Å². The van der Waals surface area contributed by atoms with E-state index in [1.54, 1.807) is 0 Å². The zero-order chi connectivity index (χ0) is 12.4. The van der Waals surface area contributed by atoms with E-state index in [-0.39, 0.29) is 6.04 Å². The molecule has 1 heteroatoms. The molecule has 2 N–H and O–H groups in total. The second-order valence-electron chi connectivity index (χ2n) is 5.25. The van der Waals surface area contributed by atoms with Gasteiger partial charge in [0.25, 0.3) is 0 Å². The number of fused-ring (bicyclic) bond motifs is 1. The molecule has 90 valence electrons. The highest BCUT2D eigenvalue weighted by Crippen LogP contribution is 2.28. The van der Waals surface area contributed by atoms with Crippen LogP contribution in [0.2, 0.25) is 0 Å². The maximum Gasteiger partial charge on any atom is 0.0272 e. The van der Waals surface area contributed by atoms with E-state index < -0.39 is 0 Å². The molecule has 0 saturated heterocycles. The molecular formula is C16H21N. The average Bonchev–Trinajstić information content (AvgIpc) is 2.27. The van der Waals surface area contributed by atoms with Crippen molar-refractivity contribution in [2.45, 2.75) is 33.2 Å². The molecule has 0 heterocycles. The minimum atomic E-state index is 0.0898. The van der Waals surface area contributed by atoms with Crippen LogP contribution in [0.25, 0.3) is 10.8 Å². The molecule has 0 amide bonds. The third-order valence-corrected chi connectivity index (χ3v) is 3.14. The Bertz CT molecular complexity index is 507. The minimum absolute atomic E-state index is 0.0898. The lowest BCUT2D eigenvalue weighted by Crippen LogP contribution is -2.07. The predicted molar refractivity (Wildman–Crippen MR) is 75.1 cm³/mol. The standard InChI is InChI=1S/C16H21N/c1-11(2)10-14-8-4-6-13-7-5-9-15(12(3)17)16(13)14/h4-9,11-12H,10,17H2,1-3H3. The molecule has 2 rings (SSSR count). The van der Waals surface area contributed by atoms with Crippen molar-refractivity contribution in [2.24, 2.45) is 11.7 Å². The summed E-state index contributed by atoms with van der Waals surface area (Å²) in [5.74, 6) is 0.668. The number of benzene rings is 2. The molecule has 1 unspecified atom stereocenters. The summed E-state index contributed by atoms with van der Waals surface area (Å²) < 4.78 is 0. The number of nitrogens with two attached hydrogens (primary N) is 1. The Hall–Kier alpha value is -1.34. The Morgan fingerprint density at radius 1 is 1.00 bits per heavy atom. The first kappa shape index (κ1) is 12.1. The fraction of sp³-hybridized carbons (Fsp3) is 0.375. The van der Waals surface area contributed by atoms with E-state index in [1.165, 1.54) is 21.9 Å². The smallest absolute Gasteiger partial charge is 0.0272 e. The summed E-state index contributed by atoms with van der Waals surface area (Å²) in [5.41, 5.74) is 8.76. The van der Waals surface area contributed by atoms with Crippen molar-refractivity contribution in [1.82, 2.24) is 0 Å². The Kier molecular flexibility index (Phi) is 3.49. The zero-order valence-corrected chi connectivity index (χ0v) is 10.9. The molecule has 17 heavy (non-hydrogen) atoms. The Balaban J connectivity index is 2.67. The van der Waals surface area contributed by atoms with Crippen molar-refractivity contribution in [1.29, 1.82) is 0 Å². The number of hydrogen-bond acceptors (Lipinski definition) is 1. The van der Waals surface area contributed by atoms with E-state index in [2.05, 4.69) is 57.2 Å². The Labute approximate surface area is 104 Å². The second-order valence-corrected chi connectivity index (χ2v) is 5.25. The highest BCUT2D eigenvalue weighted by atomic mass is 14.6. The number of hydrogen-bond donors (Lipinski definition) is 1. The molecule has 1 atom stereocenters. The van der Waals surface area contributed by atoms with E-state index in [4.69, 9.17) is 5.73 Å². The molecule has 0 bridgehead atoms. The fourth-order valence-corrected chi connectivity index (χ4v) is 2.44. The zero-order valence-electron chi connectivity index (χ0n) is 10.9. The first-order valence-corrected chi connectivity index (χ1v) is 6.35. The van der Waals surface area contributed by atoms with Gasteiger partial charge in [0.1, 0.15) is 0 Å². The molecule has 0 radical (unpaired) electrons. The summed E-state index contributed by atoms with van der Waals surface area (Å²) in [4.78, 5) is 0. The van der Waals surface area contributed by atoms with Crippen LogP contribution in [-0.2, 0) is 6.42 Å². The lowest BCUT2D eigenvalue weighted by molar-refractivity contribution is 0.649. The minimum Gasteiger partial charge on any atom is -0.324 e. The summed E-state index contributed by atoms with van der Waals surface area (Å²) in [6.45, 7) is 6.57. The molecule has 0 spiro atoms. The summed E-state index contributed by atoms with van der Waals surface area (Å²) >= 11 is 0. The van der Waals surface area contributed by atoms with Crippen molar-refractivity contribution in [3.8, 4) is 0 Å². The molecule has 2 aromatic rings. The van der Waals surface area contributed by atoms with Crippen LogP contribution in [0.5, 0.6) is 0 Å². The highest BCUT2D eigenvalue weighted by molar-refractivity contribution is 5.89. The topological polar surface area (TPSA) is 26.0 Å². The molecule has 0 saturated carbocycles. The third kappa shape index (κ3) is 2.50. The van der Waals surface area contributed by atoms with Gasteiger partial charge in [-0.2, -0.15) is 0 Å². The van der Waals surface area contributed by atoms with Crippen LogP contribution in [0.3, 0.4) is 0 Å². The van der Waals surface area contributed by atoms with E-state index in [9.17, 15) is 0 Å². The van der Waals surface area contributed by atoms with Crippen LogP contribution in [0.4, 0.5) is 0 Å². The van der Waals surface area contributed by atoms with Crippen molar-refractivity contribution in [2.75, 3.05) is 0 Å². The summed E-state index contributed by atoms with van der Waals surface area (Å²) in [5, 5.41) is 2.66. The first-order valence-electron chi connectivity index (χ1n) is 6.35. The predicted octanol–water partition coefficient (Wildman–Crippen LogP) is 4.06. The quantitative estimate of drug-likeness (QED) is 0.840. The fourth-order valence-electron chi connectivity index (χ4n) is 2.44. The van der Waals surface area contributed by atoms with Gasteiger partial charge in [0.05, 0.1) is 0 Å². The van der Waals surface area contributed by atoms with E-state index in [1.807, 2.05) is 0 Å². The van der Waals surface area contributed by atoms with Crippen molar-refractivity contribution in [3.05, 3.63) is 47.5 Å². The lowest BCUT2D eigenvalue weighted by atomic mass is 9.92. The lowest BCUT2D eigenvalue weighted by Gasteiger charge is -2.15. The Morgan fingerprint density at radius 2 is 1.65 bits per heavy atom. The molecule has 0 aromatic heterocycles. The largest absolute Gasteiger partial charge is 0.324 e. The van der Waals surface area contributed by atoms with Gasteiger partial charge >= 0.3 is 0 Å². The normalized spacial score (nSPS) is 13.2. The highest BCUT2D eigenvalue weighted by Gasteiger charge is 2.10. The van der Waals surface area contributed by atoms with E-state index in [0.717, 1.165) is 6.42 Å². The van der Waals surface area contributed by atoms with Crippen molar-refractivity contribution < 1.29 is 0 Å². The Morgan fingerprint density at radius 3 is 2.24 bits per heavy atom. The van der Waals surface area contributed by atoms with Gasteiger partial charge in [-0.1, -0.05) is 50.2 Å². The van der Waals surface area contributed by atoms with Crippen molar-refractivity contribution >= 4 is 10.8 Å². The third-order valence-electron chi connectivity index (χ3n) is 3.14. The van der Waals surface area contributed by atoms with Gasteiger partial charge < -0.3 is 5.73 Å². The van der Waals surface area contributed by atoms with Gasteiger partial charge in [0.2, 0.25) is 0 Å². The van der Waals surface area contributed by atoms with Crippen LogP contribution in [-0.4, -0.2) is 0 Å². The maximum absolute atomic E-state index is 6.08. The molecule has 0 aliphatic carbocycles. The van der Waals surface area contributed by atoms with Crippen LogP contribution >= 0.6 is 0 Å². The van der Waals surface area contributed by atoms with Gasteiger partial charge in [-0.3, -0.25) is 0 Å². The van der Waals surface area contributed by atoms with Gasteiger partial charge in [0.15, 0.2) is 0 Å². The molecule has 0 aliphatic rings. The van der Waals surface area contributed by atoms with Gasteiger partial charge in [-0.05, 0) is 41.2 Å². The van der Waals surface area contributed by atoms with Gasteiger partial charge in [-0.25, -0.2) is 0 Å². The summed E-state index contributed by atoms with van der Waals surface area (Å²) in [6, 6.07) is 13.1. The van der Waals surface area contributed by atoms with Crippen molar-refractivity contribution in [3.63, 3.8) is 0 Å². The van der Waals surface area contributed by atoms with Crippen LogP contribution in [0.1, 0.15) is 37.9 Å². The molecular weight excluding hydrogens is 206 g/mol. The second kappa shape index (κ2) is 4.89. The average molecular weight is 227 g/mol. The SMILES string of the molecule is CC(C)Cc1cccc2cccc(C(C)N)c12. The van der Waals surface area contributed by atoms with E-state index in [0.29, 0.717) is 5.92 Å². The first-order chi connectivity index (χ1) is 8.09. The molecule has 2 aromatic carbocycles. The van der Waals surface area contributed by atoms with Crippen LogP contribution in [0, 0.1) is 5.92 Å². The summed E-state index contributed by atoms with van der Waals surface area (Å²) in [7, 11) is 0. The maximum atomic E-state index is 6.08. The number of rotatable bonds is 3.